The predicted octanol–water partition coefficient (Wildman–Crippen LogP) is 4.40. The third kappa shape index (κ3) is 8.26. The van der Waals surface area contributed by atoms with E-state index in [1.807, 2.05) is 6.07 Å². The van der Waals surface area contributed by atoms with E-state index < -0.39 is 46.3 Å². The molecular formula is C43H48ClFN8O7. The highest BCUT2D eigenvalue weighted by atomic mass is 35.5. The number of nitriles is 1. The molecule has 17 heteroatoms. The second-order valence-corrected chi connectivity index (χ2v) is 17.1. The maximum atomic E-state index is 14.9. The van der Waals surface area contributed by atoms with Gasteiger partial charge in [0.15, 0.2) is 0 Å². The first-order valence-electron chi connectivity index (χ1n) is 20.1. The second-order valence-electron chi connectivity index (χ2n) is 16.7. The van der Waals surface area contributed by atoms with Crippen LogP contribution in [0.15, 0.2) is 48.7 Å². The lowest BCUT2D eigenvalue weighted by Gasteiger charge is -2.63. The summed E-state index contributed by atoms with van der Waals surface area (Å²) in [5, 5.41) is 17.8. The molecule has 1 saturated carbocycles. The zero-order valence-electron chi connectivity index (χ0n) is 34.0. The van der Waals surface area contributed by atoms with Gasteiger partial charge in [-0.05, 0) is 49.2 Å². The number of piperazine rings is 1. The molecule has 3 aromatic rings. The SMILES string of the molecule is CC1(C)[C@H](NC(=O)c2ccc(N3CCN(CCOCCCNc4c(F)ccc5c4C(=O)N(C4CCC(=O)NC4=O)C5=O)CC3)nc2)C(C)(C)[C@H]1Oc1ccc(C#N)c(Cl)c1. The first-order valence-corrected chi connectivity index (χ1v) is 20.5. The Labute approximate surface area is 352 Å². The molecular weight excluding hydrogens is 795 g/mol. The Hall–Kier alpha value is -5.63. The minimum atomic E-state index is -1.13. The van der Waals surface area contributed by atoms with Crippen LogP contribution in [-0.2, 0) is 14.3 Å². The molecule has 1 aromatic heterocycles. The van der Waals surface area contributed by atoms with Gasteiger partial charge in [-0.1, -0.05) is 39.3 Å². The van der Waals surface area contributed by atoms with E-state index in [9.17, 15) is 33.6 Å². The fourth-order valence-corrected chi connectivity index (χ4v) is 9.32. The van der Waals surface area contributed by atoms with Gasteiger partial charge in [0, 0.05) is 81.4 Å². The Morgan fingerprint density at radius 1 is 1.02 bits per heavy atom. The van der Waals surface area contributed by atoms with Crippen LogP contribution in [-0.4, -0.2) is 115 Å². The van der Waals surface area contributed by atoms with E-state index in [0.717, 1.165) is 49.5 Å². The Kier molecular flexibility index (Phi) is 12.1. The number of carbonyl (C=O) groups excluding carboxylic acids is 5. The van der Waals surface area contributed by atoms with Crippen LogP contribution in [0.4, 0.5) is 15.9 Å². The molecule has 5 amide bonds. The number of benzene rings is 2. The molecule has 3 N–H and O–H groups in total. The molecule has 2 aromatic carbocycles. The van der Waals surface area contributed by atoms with Gasteiger partial charge in [-0.15, -0.1) is 0 Å². The average molecular weight is 843 g/mol. The number of halogens is 2. The summed E-state index contributed by atoms with van der Waals surface area (Å²) in [7, 11) is 0. The Morgan fingerprint density at radius 3 is 2.43 bits per heavy atom. The van der Waals surface area contributed by atoms with Crippen LogP contribution >= 0.6 is 11.6 Å². The van der Waals surface area contributed by atoms with Gasteiger partial charge in [-0.25, -0.2) is 9.37 Å². The van der Waals surface area contributed by atoms with Crippen LogP contribution < -0.4 is 25.6 Å². The summed E-state index contributed by atoms with van der Waals surface area (Å²) in [6.07, 6.45) is 1.91. The summed E-state index contributed by atoms with van der Waals surface area (Å²) in [6.45, 7) is 13.3. The number of hydrogen-bond donors (Lipinski definition) is 3. The van der Waals surface area contributed by atoms with Crippen LogP contribution in [0.2, 0.25) is 5.02 Å². The number of pyridine rings is 1. The van der Waals surface area contributed by atoms with Crippen molar-refractivity contribution in [1.82, 2.24) is 25.4 Å². The predicted molar refractivity (Wildman–Crippen MR) is 219 cm³/mol. The number of fused-ring (bicyclic) bond motifs is 1. The number of imide groups is 2. The van der Waals surface area contributed by atoms with Crippen LogP contribution in [0.1, 0.15) is 83.6 Å². The van der Waals surface area contributed by atoms with Gasteiger partial charge in [0.05, 0.1) is 39.6 Å². The third-order valence-electron chi connectivity index (χ3n) is 12.0. The molecule has 1 unspecified atom stereocenters. The summed E-state index contributed by atoms with van der Waals surface area (Å²) in [5.74, 6) is -2.20. The van der Waals surface area contributed by atoms with E-state index in [1.165, 1.54) is 6.07 Å². The number of nitrogens with zero attached hydrogens (tertiary/aromatic N) is 5. The van der Waals surface area contributed by atoms with Crippen molar-refractivity contribution in [2.75, 3.05) is 62.7 Å². The summed E-state index contributed by atoms with van der Waals surface area (Å²) >= 11 is 6.23. The molecule has 7 rings (SSSR count). The lowest BCUT2D eigenvalue weighted by Crippen LogP contribution is -2.74. The summed E-state index contributed by atoms with van der Waals surface area (Å²) in [4.78, 5) is 73.7. The monoisotopic (exact) mass is 842 g/mol. The van der Waals surface area contributed by atoms with Crippen molar-refractivity contribution in [3.63, 3.8) is 0 Å². The molecule has 4 aliphatic rings. The number of nitrogens with one attached hydrogen (secondary N) is 3. The quantitative estimate of drug-likeness (QED) is 0.154. The van der Waals surface area contributed by atoms with Gasteiger partial charge in [0.1, 0.15) is 35.6 Å². The standard InChI is InChI=1S/C43H48ClFN8O7/c1-42(2)40(43(3,4)41(42)60-27-8-6-25(23-46)29(44)22-27)50-36(55)26-7-12-32(48-24-26)52-17-15-51(16-18-52)19-21-59-20-5-14-47-35-30(45)10-9-28-34(35)39(58)53(38(28)57)31-11-13-33(54)49-37(31)56/h6-10,12,22,24,31,40-41,47H,5,11,13-21H2,1-4H3,(H,50,55)(H,49,54,56)/t31?,40-,41-. The van der Waals surface area contributed by atoms with Crippen molar-refractivity contribution in [3.8, 4) is 11.8 Å². The van der Waals surface area contributed by atoms with Gasteiger partial charge in [-0.3, -0.25) is 39.1 Å². The summed E-state index contributed by atoms with van der Waals surface area (Å²) in [5.41, 5.74) is -0.138. The van der Waals surface area contributed by atoms with Crippen LogP contribution in [0.5, 0.6) is 5.75 Å². The number of carbonyl (C=O) groups is 5. The largest absolute Gasteiger partial charge is 0.489 e. The van der Waals surface area contributed by atoms with Crippen molar-refractivity contribution >= 4 is 52.6 Å². The molecule has 15 nitrogen and oxygen atoms in total. The topological polar surface area (TPSA) is 186 Å². The van der Waals surface area contributed by atoms with Gasteiger partial charge < -0.3 is 25.0 Å². The van der Waals surface area contributed by atoms with Crippen LogP contribution in [0.3, 0.4) is 0 Å². The Bertz CT molecular complexity index is 2220. The van der Waals surface area contributed by atoms with E-state index in [1.54, 1.807) is 30.5 Å². The van der Waals surface area contributed by atoms with E-state index in [0.29, 0.717) is 41.5 Å². The fraction of sp³-hybridized carbons (Fsp3) is 0.465. The van der Waals surface area contributed by atoms with E-state index in [2.05, 4.69) is 64.5 Å². The molecule has 3 aliphatic heterocycles. The minimum absolute atomic E-state index is 0.00599. The third-order valence-corrected chi connectivity index (χ3v) is 12.3. The van der Waals surface area contributed by atoms with Gasteiger partial charge in [0.2, 0.25) is 11.8 Å². The normalized spacial score (nSPS) is 22.1. The number of hydrogen-bond acceptors (Lipinski definition) is 12. The lowest BCUT2D eigenvalue weighted by molar-refractivity contribution is -0.164. The highest BCUT2D eigenvalue weighted by molar-refractivity contribution is 6.31. The van der Waals surface area contributed by atoms with Crippen LogP contribution in [0, 0.1) is 28.0 Å². The summed E-state index contributed by atoms with van der Waals surface area (Å²) in [6, 6.07) is 11.8. The molecule has 4 heterocycles. The van der Waals surface area contributed by atoms with Gasteiger partial charge >= 0.3 is 0 Å². The maximum absolute atomic E-state index is 14.9. The zero-order chi connectivity index (χ0) is 42.9. The van der Waals surface area contributed by atoms with Crippen molar-refractivity contribution in [2.24, 2.45) is 10.8 Å². The first-order chi connectivity index (χ1) is 28.6. The Morgan fingerprint density at radius 2 is 1.77 bits per heavy atom. The molecule has 0 radical (unpaired) electrons. The highest BCUT2D eigenvalue weighted by Gasteiger charge is 2.64. The highest BCUT2D eigenvalue weighted by Crippen LogP contribution is 2.55. The summed E-state index contributed by atoms with van der Waals surface area (Å²) < 4.78 is 27.1. The zero-order valence-corrected chi connectivity index (χ0v) is 34.7. The average Bonchev–Trinajstić information content (AvgIpc) is 3.47. The molecule has 3 fully saturated rings. The van der Waals surface area contributed by atoms with Gasteiger partial charge in [0.25, 0.3) is 17.7 Å². The molecule has 0 bridgehead atoms. The number of ether oxygens (including phenoxy) is 2. The smallest absolute Gasteiger partial charge is 0.264 e. The molecule has 2 saturated heterocycles. The Balaban J connectivity index is 0.812. The molecule has 0 spiro atoms. The van der Waals surface area contributed by atoms with E-state index in [4.69, 9.17) is 21.1 Å². The van der Waals surface area contributed by atoms with E-state index in [-0.39, 0.29) is 54.3 Å². The van der Waals surface area contributed by atoms with Crippen molar-refractivity contribution in [3.05, 3.63) is 81.8 Å². The molecule has 1 aliphatic carbocycles. The molecule has 60 heavy (non-hydrogen) atoms. The number of rotatable bonds is 14. The first kappa shape index (κ1) is 42.5. The second kappa shape index (κ2) is 17.2. The number of amides is 5. The van der Waals surface area contributed by atoms with Crippen molar-refractivity contribution in [1.29, 1.82) is 5.26 Å². The number of anilines is 2. The van der Waals surface area contributed by atoms with Crippen molar-refractivity contribution in [2.45, 2.75) is 65.1 Å². The molecule has 1 atom stereocenters. The lowest BCUT2D eigenvalue weighted by atomic mass is 9.49. The minimum Gasteiger partial charge on any atom is -0.489 e. The van der Waals surface area contributed by atoms with Crippen LogP contribution in [0.25, 0.3) is 0 Å². The number of aromatic nitrogens is 1. The van der Waals surface area contributed by atoms with E-state index >= 15 is 0 Å². The van der Waals surface area contributed by atoms with Crippen molar-refractivity contribution < 1.29 is 37.8 Å². The molecule has 316 valence electrons. The van der Waals surface area contributed by atoms with Gasteiger partial charge in [-0.2, -0.15) is 5.26 Å². The fourth-order valence-electron chi connectivity index (χ4n) is 9.11. The maximum Gasteiger partial charge on any atom is 0.264 e. The number of piperidine rings is 1.